The van der Waals surface area contributed by atoms with Gasteiger partial charge in [0.05, 0.1) is 0 Å². The maximum atomic E-state index is 13.2. The molecule has 1 atom stereocenters. The molecule has 1 fully saturated rings. The molecule has 2 aromatic carbocycles. The average Bonchev–Trinajstić information content (AvgIpc) is 3.46. The lowest BCUT2D eigenvalue weighted by atomic mass is 10.0. The molecule has 0 radical (unpaired) electrons. The van der Waals surface area contributed by atoms with Gasteiger partial charge in [-0.1, -0.05) is 67.2 Å². The zero-order valence-electron chi connectivity index (χ0n) is 18.5. The van der Waals surface area contributed by atoms with Gasteiger partial charge in [-0.2, -0.15) is 4.98 Å². The van der Waals surface area contributed by atoms with Crippen LogP contribution >= 0.6 is 0 Å². The fraction of sp³-hybridized carbons (Fsp3) is 0.423. The summed E-state index contributed by atoms with van der Waals surface area (Å²) in [4.78, 5) is 19.7. The van der Waals surface area contributed by atoms with Crippen LogP contribution in [0.2, 0.25) is 0 Å². The highest BCUT2D eigenvalue weighted by molar-refractivity contribution is 5.94. The summed E-state index contributed by atoms with van der Waals surface area (Å²) < 4.78 is 5.59. The summed E-state index contributed by atoms with van der Waals surface area (Å²) in [5.74, 6) is 1.13. The van der Waals surface area contributed by atoms with Gasteiger partial charge in [-0.25, -0.2) is 0 Å². The fourth-order valence-corrected chi connectivity index (χ4v) is 4.27. The summed E-state index contributed by atoms with van der Waals surface area (Å²) in [6.45, 7) is 4.98. The molecule has 4 rings (SSSR count). The quantitative estimate of drug-likeness (QED) is 0.413. The zero-order chi connectivity index (χ0) is 21.6. The third kappa shape index (κ3) is 5.04. The van der Waals surface area contributed by atoms with Crippen molar-refractivity contribution in [2.24, 2.45) is 0 Å². The first-order valence-electron chi connectivity index (χ1n) is 11.5. The first-order valence-corrected chi connectivity index (χ1v) is 11.5. The molecule has 2 heterocycles. The van der Waals surface area contributed by atoms with Crippen LogP contribution in [0, 0.1) is 6.92 Å². The molecule has 0 spiro atoms. The van der Waals surface area contributed by atoms with Crippen molar-refractivity contribution in [3.05, 3.63) is 71.1 Å². The smallest absolute Gasteiger partial charge is 0.254 e. The van der Waals surface area contributed by atoms with E-state index in [1.807, 2.05) is 48.2 Å². The number of rotatable bonds is 8. The normalized spacial score (nSPS) is 16.1. The van der Waals surface area contributed by atoms with E-state index in [0.29, 0.717) is 18.3 Å². The number of unbranched alkanes of at least 4 members (excludes halogenated alkanes) is 3. The molecule has 3 aromatic rings. The van der Waals surface area contributed by atoms with E-state index >= 15 is 0 Å². The third-order valence-corrected chi connectivity index (χ3v) is 6.04. The molecular weight excluding hydrogens is 386 g/mol. The van der Waals surface area contributed by atoms with E-state index in [1.54, 1.807) is 0 Å². The number of nitrogens with zero attached hydrogens (tertiary/aromatic N) is 3. The molecule has 162 valence electrons. The van der Waals surface area contributed by atoms with Crippen LogP contribution in [0.25, 0.3) is 11.4 Å². The van der Waals surface area contributed by atoms with Crippen LogP contribution in [0.4, 0.5) is 0 Å². The van der Waals surface area contributed by atoms with Crippen molar-refractivity contribution in [3.63, 3.8) is 0 Å². The predicted octanol–water partition coefficient (Wildman–Crippen LogP) is 6.15. The standard InChI is InChI=1S/C26H31N3O2/c1-3-4-5-6-10-20-13-15-21(16-14-20)26(30)29-17-8-12-23(29)25-27-24(28-31-25)22-11-7-9-19(2)18-22/h7,9,11,13-16,18,23H,3-6,8,10,12,17H2,1-2H3/t23-/m1/s1. The average molecular weight is 418 g/mol. The Morgan fingerprint density at radius 3 is 2.74 bits per heavy atom. The largest absolute Gasteiger partial charge is 0.337 e. The molecule has 0 unspecified atom stereocenters. The molecule has 0 N–H and O–H groups in total. The maximum absolute atomic E-state index is 13.2. The molecule has 0 aliphatic carbocycles. The van der Waals surface area contributed by atoms with E-state index in [9.17, 15) is 4.79 Å². The second kappa shape index (κ2) is 9.90. The van der Waals surface area contributed by atoms with Gasteiger partial charge in [0.1, 0.15) is 6.04 Å². The number of carbonyl (C=O) groups excluding carboxylic acids is 1. The molecule has 1 saturated heterocycles. The van der Waals surface area contributed by atoms with Gasteiger partial charge in [0.2, 0.25) is 11.7 Å². The first kappa shape index (κ1) is 21.3. The predicted molar refractivity (Wildman–Crippen MR) is 122 cm³/mol. The van der Waals surface area contributed by atoms with Crippen molar-refractivity contribution in [2.75, 3.05) is 6.54 Å². The van der Waals surface area contributed by atoms with Crippen LogP contribution in [0.5, 0.6) is 0 Å². The number of benzene rings is 2. The molecule has 5 heteroatoms. The summed E-state index contributed by atoms with van der Waals surface area (Å²) >= 11 is 0. The molecular formula is C26H31N3O2. The van der Waals surface area contributed by atoms with Crippen molar-refractivity contribution in [3.8, 4) is 11.4 Å². The zero-order valence-corrected chi connectivity index (χ0v) is 18.5. The highest BCUT2D eigenvalue weighted by Gasteiger charge is 2.34. The third-order valence-electron chi connectivity index (χ3n) is 6.04. The second-order valence-corrected chi connectivity index (χ2v) is 8.49. The number of carbonyl (C=O) groups is 1. The van der Waals surface area contributed by atoms with Crippen LogP contribution < -0.4 is 0 Å². The van der Waals surface area contributed by atoms with E-state index < -0.39 is 0 Å². The molecule has 0 saturated carbocycles. The Kier molecular flexibility index (Phi) is 6.80. The van der Waals surface area contributed by atoms with Crippen molar-refractivity contribution in [1.82, 2.24) is 15.0 Å². The Morgan fingerprint density at radius 2 is 1.97 bits per heavy atom. The molecule has 1 aromatic heterocycles. The van der Waals surface area contributed by atoms with Gasteiger partial charge in [-0.3, -0.25) is 4.79 Å². The Bertz CT molecular complexity index is 1010. The molecule has 1 amide bonds. The highest BCUT2D eigenvalue weighted by atomic mass is 16.5. The van der Waals surface area contributed by atoms with Crippen molar-refractivity contribution in [1.29, 1.82) is 0 Å². The number of hydrogen-bond acceptors (Lipinski definition) is 4. The van der Waals surface area contributed by atoms with E-state index in [-0.39, 0.29) is 11.9 Å². The number of aryl methyl sites for hydroxylation is 2. The van der Waals surface area contributed by atoms with Crippen molar-refractivity contribution in [2.45, 2.75) is 64.8 Å². The summed E-state index contributed by atoms with van der Waals surface area (Å²) in [7, 11) is 0. The summed E-state index contributed by atoms with van der Waals surface area (Å²) in [6.07, 6.45) is 7.86. The minimum absolute atomic E-state index is 0.0374. The van der Waals surface area contributed by atoms with Crippen molar-refractivity contribution < 1.29 is 9.32 Å². The Labute approximate surface area is 184 Å². The monoisotopic (exact) mass is 417 g/mol. The van der Waals surface area contributed by atoms with E-state index in [1.165, 1.54) is 31.2 Å². The number of amides is 1. The van der Waals surface area contributed by atoms with E-state index in [2.05, 4.69) is 29.2 Å². The summed E-state index contributed by atoms with van der Waals surface area (Å²) in [5, 5.41) is 4.17. The van der Waals surface area contributed by atoms with Gasteiger partial charge in [-0.15, -0.1) is 0 Å². The van der Waals surface area contributed by atoms with Crippen LogP contribution in [-0.2, 0) is 6.42 Å². The van der Waals surface area contributed by atoms with Gasteiger partial charge < -0.3 is 9.42 Å². The van der Waals surface area contributed by atoms with Crippen LogP contribution in [0.3, 0.4) is 0 Å². The maximum Gasteiger partial charge on any atom is 0.254 e. The van der Waals surface area contributed by atoms with Crippen molar-refractivity contribution >= 4 is 5.91 Å². The fourth-order valence-electron chi connectivity index (χ4n) is 4.27. The number of aromatic nitrogens is 2. The van der Waals surface area contributed by atoms with Gasteiger partial charge >= 0.3 is 0 Å². The minimum Gasteiger partial charge on any atom is -0.337 e. The molecule has 31 heavy (non-hydrogen) atoms. The molecule has 1 aliphatic rings. The molecule has 0 bridgehead atoms. The number of likely N-dealkylation sites (tertiary alicyclic amines) is 1. The number of hydrogen-bond donors (Lipinski definition) is 0. The van der Waals surface area contributed by atoms with Gasteiger partial charge in [-0.05, 0) is 56.4 Å². The SMILES string of the molecule is CCCCCCc1ccc(C(=O)N2CCC[C@@H]2c2nc(-c3cccc(C)c3)no2)cc1. The molecule has 5 nitrogen and oxygen atoms in total. The first-order chi connectivity index (χ1) is 15.2. The Balaban J connectivity index is 1.44. The minimum atomic E-state index is -0.160. The lowest BCUT2D eigenvalue weighted by Gasteiger charge is -2.22. The van der Waals surface area contributed by atoms with Crippen LogP contribution in [-0.4, -0.2) is 27.5 Å². The van der Waals surface area contributed by atoms with Crippen LogP contribution in [0.1, 0.15) is 78.9 Å². The summed E-state index contributed by atoms with van der Waals surface area (Å²) in [6, 6.07) is 16.0. The highest BCUT2D eigenvalue weighted by Crippen LogP contribution is 2.33. The topological polar surface area (TPSA) is 59.2 Å². The van der Waals surface area contributed by atoms with E-state index in [0.717, 1.165) is 36.0 Å². The van der Waals surface area contributed by atoms with E-state index in [4.69, 9.17) is 4.52 Å². The van der Waals surface area contributed by atoms with Gasteiger partial charge in [0.25, 0.3) is 5.91 Å². The lowest BCUT2D eigenvalue weighted by Crippen LogP contribution is -2.30. The lowest BCUT2D eigenvalue weighted by molar-refractivity contribution is 0.0710. The van der Waals surface area contributed by atoms with Crippen LogP contribution in [0.15, 0.2) is 53.1 Å². The van der Waals surface area contributed by atoms with Gasteiger partial charge in [0.15, 0.2) is 0 Å². The second-order valence-electron chi connectivity index (χ2n) is 8.49. The Hall–Kier alpha value is -2.95. The summed E-state index contributed by atoms with van der Waals surface area (Å²) in [5.41, 5.74) is 4.10. The molecule has 1 aliphatic heterocycles. The Morgan fingerprint density at radius 1 is 1.13 bits per heavy atom. The van der Waals surface area contributed by atoms with Gasteiger partial charge in [0, 0.05) is 17.7 Å².